The zero-order chi connectivity index (χ0) is 11.1. The van der Waals surface area contributed by atoms with Gasteiger partial charge in [-0.15, -0.1) is 0 Å². The van der Waals surface area contributed by atoms with E-state index < -0.39 is 17.3 Å². The molecular formula is C11H12F3N. The molecule has 0 spiro atoms. The van der Waals surface area contributed by atoms with Crippen LogP contribution in [-0.4, -0.2) is 0 Å². The molecule has 15 heavy (non-hydrogen) atoms. The van der Waals surface area contributed by atoms with Crippen LogP contribution in [0.3, 0.4) is 0 Å². The van der Waals surface area contributed by atoms with Gasteiger partial charge in [0.25, 0.3) is 0 Å². The van der Waals surface area contributed by atoms with E-state index in [1.807, 2.05) is 0 Å². The molecule has 0 aromatic heterocycles. The summed E-state index contributed by atoms with van der Waals surface area (Å²) in [6.45, 7) is 0. The first-order valence-electron chi connectivity index (χ1n) is 4.88. The smallest absolute Gasteiger partial charge is 0.321 e. The highest BCUT2D eigenvalue weighted by Gasteiger charge is 2.37. The molecule has 0 amide bonds. The van der Waals surface area contributed by atoms with Gasteiger partial charge in [0, 0.05) is 5.54 Å². The average molecular weight is 215 g/mol. The zero-order valence-corrected chi connectivity index (χ0v) is 8.14. The number of hydrogen-bond donors (Lipinski definition) is 1. The normalized spacial score (nSPS) is 19.7. The van der Waals surface area contributed by atoms with Crippen molar-refractivity contribution in [2.75, 3.05) is 0 Å². The van der Waals surface area contributed by atoms with Gasteiger partial charge in [-0.2, -0.15) is 13.2 Å². The van der Waals surface area contributed by atoms with Gasteiger partial charge in [-0.05, 0) is 37.0 Å². The van der Waals surface area contributed by atoms with Crippen LogP contribution in [0.1, 0.15) is 30.4 Å². The van der Waals surface area contributed by atoms with Crippen LogP contribution in [0.25, 0.3) is 0 Å². The molecule has 82 valence electrons. The Morgan fingerprint density at radius 3 is 2.33 bits per heavy atom. The van der Waals surface area contributed by atoms with E-state index in [-0.39, 0.29) is 0 Å². The van der Waals surface area contributed by atoms with Gasteiger partial charge in [-0.1, -0.05) is 12.1 Å². The number of benzene rings is 1. The van der Waals surface area contributed by atoms with E-state index in [1.165, 1.54) is 12.1 Å². The van der Waals surface area contributed by atoms with E-state index in [2.05, 4.69) is 0 Å². The van der Waals surface area contributed by atoms with Gasteiger partial charge in [0.15, 0.2) is 0 Å². The summed E-state index contributed by atoms with van der Waals surface area (Å²) in [6, 6.07) is 5.34. The van der Waals surface area contributed by atoms with Crippen LogP contribution in [-0.2, 0) is 11.7 Å². The van der Waals surface area contributed by atoms with Gasteiger partial charge in [0.2, 0.25) is 0 Å². The van der Waals surface area contributed by atoms with Crippen molar-refractivity contribution in [2.45, 2.75) is 31.0 Å². The van der Waals surface area contributed by atoms with Crippen molar-refractivity contribution in [2.24, 2.45) is 5.73 Å². The van der Waals surface area contributed by atoms with E-state index in [9.17, 15) is 13.2 Å². The van der Waals surface area contributed by atoms with Crippen LogP contribution in [0.2, 0.25) is 0 Å². The molecule has 1 aromatic carbocycles. The molecule has 0 unspecified atom stereocenters. The van der Waals surface area contributed by atoms with Gasteiger partial charge in [0.1, 0.15) is 0 Å². The van der Waals surface area contributed by atoms with Crippen LogP contribution in [0.5, 0.6) is 0 Å². The minimum Gasteiger partial charge on any atom is -0.321 e. The molecule has 0 atom stereocenters. The second kappa shape index (κ2) is 3.23. The molecule has 1 aromatic rings. The topological polar surface area (TPSA) is 26.0 Å². The van der Waals surface area contributed by atoms with Crippen LogP contribution in [0.15, 0.2) is 24.3 Å². The fourth-order valence-electron chi connectivity index (χ4n) is 1.85. The summed E-state index contributed by atoms with van der Waals surface area (Å²) in [5, 5.41) is 0. The Balaban J connectivity index is 2.35. The van der Waals surface area contributed by atoms with Crippen molar-refractivity contribution in [3.8, 4) is 0 Å². The van der Waals surface area contributed by atoms with Gasteiger partial charge in [-0.25, -0.2) is 0 Å². The monoisotopic (exact) mass is 215 g/mol. The zero-order valence-electron chi connectivity index (χ0n) is 8.14. The second-order valence-corrected chi connectivity index (χ2v) is 4.09. The molecular weight excluding hydrogens is 203 g/mol. The molecule has 1 saturated carbocycles. The molecule has 4 heteroatoms. The van der Waals surface area contributed by atoms with Crippen LogP contribution < -0.4 is 5.73 Å². The summed E-state index contributed by atoms with van der Waals surface area (Å²) < 4.78 is 37.3. The average Bonchev–Trinajstić information content (AvgIpc) is 2.13. The van der Waals surface area contributed by atoms with E-state index >= 15 is 0 Å². The quantitative estimate of drug-likeness (QED) is 0.765. The van der Waals surface area contributed by atoms with E-state index in [0.717, 1.165) is 25.3 Å². The van der Waals surface area contributed by atoms with Gasteiger partial charge in [0.05, 0.1) is 5.56 Å². The van der Waals surface area contributed by atoms with E-state index in [4.69, 9.17) is 5.73 Å². The first kappa shape index (κ1) is 10.5. The summed E-state index contributed by atoms with van der Waals surface area (Å²) in [4.78, 5) is 0. The van der Waals surface area contributed by atoms with Crippen molar-refractivity contribution in [3.63, 3.8) is 0 Å². The lowest BCUT2D eigenvalue weighted by molar-refractivity contribution is -0.137. The Morgan fingerprint density at radius 2 is 1.87 bits per heavy atom. The van der Waals surface area contributed by atoms with Crippen molar-refractivity contribution < 1.29 is 13.2 Å². The summed E-state index contributed by atoms with van der Waals surface area (Å²) in [6.07, 6.45) is -1.74. The van der Waals surface area contributed by atoms with Gasteiger partial charge in [-0.3, -0.25) is 0 Å². The molecule has 0 aliphatic heterocycles. The van der Waals surface area contributed by atoms with Crippen molar-refractivity contribution in [1.82, 2.24) is 0 Å². The van der Waals surface area contributed by atoms with E-state index in [0.29, 0.717) is 5.56 Å². The Kier molecular flexibility index (Phi) is 2.26. The predicted octanol–water partition coefficient (Wildman–Crippen LogP) is 3.04. The summed E-state index contributed by atoms with van der Waals surface area (Å²) >= 11 is 0. The predicted molar refractivity (Wildman–Crippen MR) is 51.2 cm³/mol. The lowest BCUT2D eigenvalue weighted by Crippen LogP contribution is -2.43. The maximum absolute atomic E-state index is 12.4. The summed E-state index contributed by atoms with van der Waals surface area (Å²) in [5.74, 6) is 0. The maximum Gasteiger partial charge on any atom is 0.416 e. The lowest BCUT2D eigenvalue weighted by atomic mass is 9.72. The Labute approximate surface area is 86.1 Å². The Morgan fingerprint density at radius 1 is 1.20 bits per heavy atom. The van der Waals surface area contributed by atoms with Crippen LogP contribution in [0, 0.1) is 0 Å². The molecule has 0 radical (unpaired) electrons. The minimum atomic E-state index is -4.28. The Bertz CT molecular complexity index is 366. The first-order valence-corrected chi connectivity index (χ1v) is 4.88. The van der Waals surface area contributed by atoms with Crippen molar-refractivity contribution in [3.05, 3.63) is 35.4 Å². The fraction of sp³-hybridized carbons (Fsp3) is 0.455. The van der Waals surface area contributed by atoms with Gasteiger partial charge >= 0.3 is 6.18 Å². The number of alkyl halides is 3. The highest BCUT2D eigenvalue weighted by Crippen LogP contribution is 2.40. The van der Waals surface area contributed by atoms with Crippen LogP contribution >= 0.6 is 0 Å². The summed E-state index contributed by atoms with van der Waals surface area (Å²) in [5.41, 5.74) is 5.43. The molecule has 1 aliphatic carbocycles. The largest absolute Gasteiger partial charge is 0.416 e. The number of rotatable bonds is 1. The van der Waals surface area contributed by atoms with Crippen molar-refractivity contribution in [1.29, 1.82) is 0 Å². The maximum atomic E-state index is 12.4. The molecule has 0 heterocycles. The summed E-state index contributed by atoms with van der Waals surface area (Å²) in [7, 11) is 0. The SMILES string of the molecule is NC1(c2cccc(C(F)(F)F)c2)CCC1. The number of hydrogen-bond acceptors (Lipinski definition) is 1. The number of halogens is 3. The first-order chi connectivity index (χ1) is 6.92. The molecule has 0 saturated heterocycles. The van der Waals surface area contributed by atoms with Gasteiger partial charge < -0.3 is 5.73 Å². The third kappa shape index (κ3) is 1.86. The highest BCUT2D eigenvalue weighted by atomic mass is 19.4. The second-order valence-electron chi connectivity index (χ2n) is 4.09. The van der Waals surface area contributed by atoms with Crippen LogP contribution in [0.4, 0.5) is 13.2 Å². The molecule has 1 fully saturated rings. The lowest BCUT2D eigenvalue weighted by Gasteiger charge is -2.38. The highest BCUT2D eigenvalue weighted by molar-refractivity contribution is 5.32. The number of nitrogens with two attached hydrogens (primary N) is 1. The molecule has 1 aliphatic rings. The molecule has 1 nitrogen and oxygen atoms in total. The third-order valence-electron chi connectivity index (χ3n) is 3.01. The third-order valence-corrected chi connectivity index (χ3v) is 3.01. The van der Waals surface area contributed by atoms with E-state index in [1.54, 1.807) is 6.07 Å². The minimum absolute atomic E-state index is 0.527. The molecule has 2 rings (SSSR count). The molecule has 0 bridgehead atoms. The molecule has 2 N–H and O–H groups in total. The Hall–Kier alpha value is -1.03. The standard InChI is InChI=1S/C11H12F3N/c12-11(13,14)9-4-1-3-8(7-9)10(15)5-2-6-10/h1,3-4,7H,2,5-6,15H2. The van der Waals surface area contributed by atoms with Crippen molar-refractivity contribution >= 4 is 0 Å². The fourth-order valence-corrected chi connectivity index (χ4v) is 1.85.